The van der Waals surface area contributed by atoms with Gasteiger partial charge in [0.2, 0.25) is 0 Å². The quantitative estimate of drug-likeness (QED) is 0.655. The first-order valence-electron chi connectivity index (χ1n) is 8.82. The molecular weight excluding hydrogens is 330 g/mol. The Balaban J connectivity index is 1.64. The molecule has 3 N–H and O–H groups in total. The number of anilines is 3. The molecule has 1 aliphatic rings. The Morgan fingerprint density at radius 1 is 0.960 bits per heavy atom. The molecule has 25 heavy (non-hydrogen) atoms. The summed E-state index contributed by atoms with van der Waals surface area (Å²) < 4.78 is 5.20. The second kappa shape index (κ2) is 8.72. The summed E-state index contributed by atoms with van der Waals surface area (Å²) in [6.07, 6.45) is 6.32. The van der Waals surface area contributed by atoms with Crippen molar-refractivity contribution in [3.63, 3.8) is 0 Å². The first-order chi connectivity index (χ1) is 12.2. The number of thiocarbonyl (C=S) groups is 1. The average molecular weight is 356 g/mol. The monoisotopic (exact) mass is 355 g/mol. The summed E-state index contributed by atoms with van der Waals surface area (Å²) in [5.41, 5.74) is 2.95. The summed E-state index contributed by atoms with van der Waals surface area (Å²) in [5, 5.41) is 10.9. The first kappa shape index (κ1) is 17.5. The molecule has 0 unspecified atom stereocenters. The van der Waals surface area contributed by atoms with Crippen LogP contribution in [0.4, 0.5) is 17.1 Å². The second-order valence-electron chi connectivity index (χ2n) is 6.33. The Bertz CT molecular complexity index is 696. The maximum Gasteiger partial charge on any atom is 0.171 e. The van der Waals surface area contributed by atoms with Gasteiger partial charge in [0.15, 0.2) is 5.11 Å². The van der Waals surface area contributed by atoms with E-state index in [1.807, 2.05) is 48.5 Å². The standard InChI is InChI=1S/C20H25N3OS/c1-24-17-13-11-16(12-14-17)21-18-9-5-6-10-19(18)23-20(25)22-15-7-3-2-4-8-15/h5-6,9-15,21H,2-4,7-8H2,1H3,(H2,22,23,25). The third-order valence-electron chi connectivity index (χ3n) is 4.48. The van der Waals surface area contributed by atoms with Gasteiger partial charge in [0.1, 0.15) is 5.75 Å². The number of hydrogen-bond acceptors (Lipinski definition) is 3. The molecule has 4 nitrogen and oxygen atoms in total. The lowest BCUT2D eigenvalue weighted by atomic mass is 9.96. The Morgan fingerprint density at radius 2 is 1.64 bits per heavy atom. The average Bonchev–Trinajstić information content (AvgIpc) is 2.65. The minimum atomic E-state index is 0.496. The fourth-order valence-electron chi connectivity index (χ4n) is 3.12. The number of ether oxygens (including phenoxy) is 1. The van der Waals surface area contributed by atoms with Crippen molar-refractivity contribution in [1.82, 2.24) is 5.32 Å². The van der Waals surface area contributed by atoms with Gasteiger partial charge < -0.3 is 20.7 Å². The van der Waals surface area contributed by atoms with Crippen LogP contribution in [0.5, 0.6) is 5.75 Å². The molecule has 0 aliphatic heterocycles. The van der Waals surface area contributed by atoms with E-state index in [2.05, 4.69) is 16.0 Å². The zero-order valence-corrected chi connectivity index (χ0v) is 15.4. The van der Waals surface area contributed by atoms with E-state index < -0.39 is 0 Å². The molecule has 0 amide bonds. The van der Waals surface area contributed by atoms with Crippen LogP contribution in [0.3, 0.4) is 0 Å². The van der Waals surface area contributed by atoms with Crippen LogP contribution in [0.2, 0.25) is 0 Å². The van der Waals surface area contributed by atoms with Gasteiger partial charge in [-0.1, -0.05) is 31.4 Å². The van der Waals surface area contributed by atoms with E-state index in [-0.39, 0.29) is 0 Å². The summed E-state index contributed by atoms with van der Waals surface area (Å²) in [7, 11) is 1.67. The topological polar surface area (TPSA) is 45.3 Å². The maximum absolute atomic E-state index is 5.51. The van der Waals surface area contributed by atoms with Gasteiger partial charge in [-0.2, -0.15) is 0 Å². The molecule has 0 radical (unpaired) electrons. The summed E-state index contributed by atoms with van der Waals surface area (Å²) in [4.78, 5) is 0. The zero-order valence-electron chi connectivity index (χ0n) is 14.5. The van der Waals surface area contributed by atoms with Gasteiger partial charge in [-0.15, -0.1) is 0 Å². The Morgan fingerprint density at radius 3 is 2.32 bits per heavy atom. The summed E-state index contributed by atoms with van der Waals surface area (Å²) in [5.74, 6) is 0.842. The summed E-state index contributed by atoms with van der Waals surface area (Å²) >= 11 is 5.51. The van der Waals surface area contributed by atoms with Crippen LogP contribution >= 0.6 is 12.2 Å². The van der Waals surface area contributed by atoms with Crippen LogP contribution in [-0.2, 0) is 0 Å². The summed E-state index contributed by atoms with van der Waals surface area (Å²) in [6.45, 7) is 0. The molecule has 0 bridgehead atoms. The molecule has 0 aromatic heterocycles. The molecule has 2 aromatic rings. The molecular formula is C20H25N3OS. The van der Waals surface area contributed by atoms with E-state index in [9.17, 15) is 0 Å². The van der Waals surface area contributed by atoms with Gasteiger partial charge in [0, 0.05) is 11.7 Å². The van der Waals surface area contributed by atoms with E-state index in [4.69, 9.17) is 17.0 Å². The predicted molar refractivity (Wildman–Crippen MR) is 109 cm³/mol. The minimum absolute atomic E-state index is 0.496. The third-order valence-corrected chi connectivity index (χ3v) is 4.70. The fraction of sp³-hybridized carbons (Fsp3) is 0.350. The van der Waals surface area contributed by atoms with E-state index in [1.165, 1.54) is 32.1 Å². The second-order valence-corrected chi connectivity index (χ2v) is 6.74. The van der Waals surface area contributed by atoms with Crippen LogP contribution in [0, 0.1) is 0 Å². The smallest absolute Gasteiger partial charge is 0.171 e. The van der Waals surface area contributed by atoms with Gasteiger partial charge in [-0.05, 0) is 61.5 Å². The van der Waals surface area contributed by atoms with Gasteiger partial charge in [-0.25, -0.2) is 0 Å². The predicted octanol–water partition coefficient (Wildman–Crippen LogP) is 5.06. The van der Waals surface area contributed by atoms with Gasteiger partial charge in [-0.3, -0.25) is 0 Å². The molecule has 2 aromatic carbocycles. The highest BCUT2D eigenvalue weighted by molar-refractivity contribution is 7.80. The highest BCUT2D eigenvalue weighted by atomic mass is 32.1. The van der Waals surface area contributed by atoms with Crippen molar-refractivity contribution in [3.05, 3.63) is 48.5 Å². The van der Waals surface area contributed by atoms with Crippen LogP contribution in [0.1, 0.15) is 32.1 Å². The van der Waals surface area contributed by atoms with Crippen LogP contribution in [0.25, 0.3) is 0 Å². The molecule has 0 heterocycles. The van der Waals surface area contributed by atoms with Gasteiger partial charge >= 0.3 is 0 Å². The highest BCUT2D eigenvalue weighted by Gasteiger charge is 2.14. The van der Waals surface area contributed by atoms with Crippen LogP contribution < -0.4 is 20.7 Å². The van der Waals surface area contributed by atoms with Crippen molar-refractivity contribution < 1.29 is 4.74 Å². The van der Waals surface area contributed by atoms with Crippen LogP contribution in [0.15, 0.2) is 48.5 Å². The molecule has 132 valence electrons. The Labute approximate surface area is 155 Å². The molecule has 0 saturated heterocycles. The first-order valence-corrected chi connectivity index (χ1v) is 9.23. The maximum atomic E-state index is 5.51. The molecule has 0 spiro atoms. The molecule has 5 heteroatoms. The van der Waals surface area contributed by atoms with E-state index in [0.29, 0.717) is 11.2 Å². The number of hydrogen-bond donors (Lipinski definition) is 3. The van der Waals surface area contributed by atoms with E-state index in [1.54, 1.807) is 7.11 Å². The van der Waals surface area contributed by atoms with Crippen molar-refractivity contribution in [1.29, 1.82) is 0 Å². The largest absolute Gasteiger partial charge is 0.497 e. The summed E-state index contributed by atoms with van der Waals surface area (Å²) in [6, 6.07) is 16.4. The van der Waals surface area contributed by atoms with Crippen molar-refractivity contribution in [2.24, 2.45) is 0 Å². The van der Waals surface area contributed by atoms with Gasteiger partial charge in [0.25, 0.3) is 0 Å². The molecule has 0 atom stereocenters. The lowest BCUT2D eigenvalue weighted by molar-refractivity contribution is 0.415. The normalized spacial score (nSPS) is 14.6. The number of methoxy groups -OCH3 is 1. The molecule has 3 rings (SSSR count). The van der Waals surface area contributed by atoms with Crippen molar-refractivity contribution in [2.45, 2.75) is 38.1 Å². The SMILES string of the molecule is COc1ccc(Nc2ccccc2NC(=S)NC2CCCCC2)cc1. The van der Waals surface area contributed by atoms with Crippen molar-refractivity contribution in [2.75, 3.05) is 17.7 Å². The fourth-order valence-corrected chi connectivity index (χ4v) is 3.40. The lowest BCUT2D eigenvalue weighted by Crippen LogP contribution is -2.38. The third kappa shape index (κ3) is 5.10. The zero-order chi connectivity index (χ0) is 17.5. The number of benzene rings is 2. The van der Waals surface area contributed by atoms with Crippen molar-refractivity contribution in [3.8, 4) is 5.75 Å². The highest BCUT2D eigenvalue weighted by Crippen LogP contribution is 2.26. The van der Waals surface area contributed by atoms with E-state index >= 15 is 0 Å². The molecule has 1 fully saturated rings. The number of nitrogens with one attached hydrogen (secondary N) is 3. The number of rotatable bonds is 5. The number of para-hydroxylation sites is 2. The van der Waals surface area contributed by atoms with Gasteiger partial charge in [0.05, 0.1) is 18.5 Å². The Hall–Kier alpha value is -2.27. The molecule has 1 aliphatic carbocycles. The van der Waals surface area contributed by atoms with Crippen molar-refractivity contribution >= 4 is 34.4 Å². The minimum Gasteiger partial charge on any atom is -0.497 e. The molecule has 1 saturated carbocycles. The lowest BCUT2D eigenvalue weighted by Gasteiger charge is -2.25. The van der Waals surface area contributed by atoms with Crippen LogP contribution in [-0.4, -0.2) is 18.3 Å². The van der Waals surface area contributed by atoms with E-state index in [0.717, 1.165) is 22.8 Å². The Kier molecular flexibility index (Phi) is 6.12.